The molecule has 1 fully saturated rings. The lowest BCUT2D eigenvalue weighted by atomic mass is 10.0. The van der Waals surface area contributed by atoms with Gasteiger partial charge in [-0.1, -0.05) is 13.8 Å². The van der Waals surface area contributed by atoms with Crippen molar-refractivity contribution >= 4 is 12.0 Å². The molecule has 0 saturated carbocycles. The molecule has 0 radical (unpaired) electrons. The molecule has 1 aliphatic heterocycles. The molecule has 1 unspecified atom stereocenters. The van der Waals surface area contributed by atoms with Gasteiger partial charge in [-0.25, -0.2) is 9.59 Å². The molecule has 1 aliphatic rings. The molecule has 0 bridgehead atoms. The largest absolute Gasteiger partial charge is 0.480 e. The molecule has 6 heteroatoms. The normalized spacial score (nSPS) is 20.6. The van der Waals surface area contributed by atoms with Gasteiger partial charge in [0, 0.05) is 19.7 Å². The van der Waals surface area contributed by atoms with Crippen molar-refractivity contribution in [1.29, 1.82) is 0 Å². The number of aliphatic carboxylic acids is 1. The Labute approximate surface area is 113 Å². The number of hydrogen-bond acceptors (Lipinski definition) is 3. The van der Waals surface area contributed by atoms with Crippen LogP contribution in [0.3, 0.4) is 0 Å². The Morgan fingerprint density at radius 1 is 1.42 bits per heavy atom. The van der Waals surface area contributed by atoms with Crippen LogP contribution in [0.1, 0.15) is 33.1 Å². The molecule has 1 saturated heterocycles. The van der Waals surface area contributed by atoms with Gasteiger partial charge in [-0.05, 0) is 31.1 Å². The van der Waals surface area contributed by atoms with E-state index >= 15 is 0 Å². The van der Waals surface area contributed by atoms with Crippen molar-refractivity contribution in [3.63, 3.8) is 0 Å². The van der Waals surface area contributed by atoms with Crippen LogP contribution in [-0.2, 0) is 4.79 Å². The van der Waals surface area contributed by atoms with E-state index in [1.54, 1.807) is 4.90 Å². The van der Waals surface area contributed by atoms with Crippen molar-refractivity contribution in [2.75, 3.05) is 19.7 Å². The van der Waals surface area contributed by atoms with Gasteiger partial charge in [-0.15, -0.1) is 0 Å². The number of likely N-dealkylation sites (tertiary alicyclic amines) is 1. The zero-order valence-corrected chi connectivity index (χ0v) is 11.6. The van der Waals surface area contributed by atoms with Crippen LogP contribution in [-0.4, -0.2) is 52.9 Å². The first-order valence-corrected chi connectivity index (χ1v) is 6.83. The Morgan fingerprint density at radius 3 is 2.63 bits per heavy atom. The minimum atomic E-state index is -0.992. The molecule has 0 aliphatic carbocycles. The summed E-state index contributed by atoms with van der Waals surface area (Å²) in [6.07, 6.45) is 1.99. The minimum Gasteiger partial charge on any atom is -0.480 e. The molecule has 2 amide bonds. The van der Waals surface area contributed by atoms with Gasteiger partial charge in [-0.2, -0.15) is 0 Å². The fraction of sp³-hybridized carbons (Fsp3) is 0.846. The van der Waals surface area contributed by atoms with Crippen molar-refractivity contribution in [2.45, 2.75) is 39.2 Å². The summed E-state index contributed by atoms with van der Waals surface area (Å²) in [5, 5.41) is 20.5. The van der Waals surface area contributed by atoms with Gasteiger partial charge in [0.15, 0.2) is 0 Å². The third-order valence-corrected chi connectivity index (χ3v) is 3.41. The minimum absolute atomic E-state index is 0.130. The van der Waals surface area contributed by atoms with Gasteiger partial charge in [0.1, 0.15) is 6.04 Å². The summed E-state index contributed by atoms with van der Waals surface area (Å²) in [5.41, 5.74) is 0. The predicted octanol–water partition coefficient (Wildman–Crippen LogP) is 0.900. The van der Waals surface area contributed by atoms with Crippen molar-refractivity contribution in [1.82, 2.24) is 10.2 Å². The van der Waals surface area contributed by atoms with Gasteiger partial charge in [-0.3, -0.25) is 0 Å². The molecule has 0 aromatic carbocycles. The van der Waals surface area contributed by atoms with E-state index in [4.69, 9.17) is 10.2 Å². The van der Waals surface area contributed by atoms with E-state index in [-0.39, 0.29) is 18.6 Å². The van der Waals surface area contributed by atoms with E-state index in [0.29, 0.717) is 31.8 Å². The van der Waals surface area contributed by atoms with Crippen LogP contribution in [0, 0.1) is 11.8 Å². The number of nitrogens with zero attached hydrogens (tertiary/aromatic N) is 1. The second-order valence-corrected chi connectivity index (χ2v) is 5.58. The zero-order valence-electron chi connectivity index (χ0n) is 11.6. The summed E-state index contributed by atoms with van der Waals surface area (Å²) in [6, 6.07) is -1.14. The highest BCUT2D eigenvalue weighted by Gasteiger charge is 2.29. The number of carboxylic acids is 1. The van der Waals surface area contributed by atoms with Crippen LogP contribution in [0.4, 0.5) is 4.79 Å². The van der Waals surface area contributed by atoms with Crippen LogP contribution in [0.25, 0.3) is 0 Å². The summed E-state index contributed by atoms with van der Waals surface area (Å²) in [5.74, 6) is -0.459. The molecular weight excluding hydrogens is 248 g/mol. The summed E-state index contributed by atoms with van der Waals surface area (Å²) < 4.78 is 0. The van der Waals surface area contributed by atoms with E-state index < -0.39 is 12.0 Å². The number of carbonyl (C=O) groups is 2. The molecule has 1 heterocycles. The number of amides is 2. The number of hydrogen-bond donors (Lipinski definition) is 3. The summed E-state index contributed by atoms with van der Waals surface area (Å²) in [7, 11) is 0. The Morgan fingerprint density at radius 2 is 2.11 bits per heavy atom. The van der Waals surface area contributed by atoms with Crippen molar-refractivity contribution in [3.8, 4) is 0 Å². The lowest BCUT2D eigenvalue weighted by Gasteiger charge is -2.22. The maximum absolute atomic E-state index is 12.0. The summed E-state index contributed by atoms with van der Waals surface area (Å²) in [4.78, 5) is 24.7. The van der Waals surface area contributed by atoms with Crippen LogP contribution in [0.15, 0.2) is 0 Å². The highest BCUT2D eigenvalue weighted by atomic mass is 16.4. The first-order valence-electron chi connectivity index (χ1n) is 6.83. The predicted molar refractivity (Wildman–Crippen MR) is 70.8 cm³/mol. The van der Waals surface area contributed by atoms with Crippen molar-refractivity contribution in [3.05, 3.63) is 0 Å². The smallest absolute Gasteiger partial charge is 0.326 e. The van der Waals surface area contributed by atoms with E-state index in [0.717, 1.165) is 6.42 Å². The molecule has 110 valence electrons. The summed E-state index contributed by atoms with van der Waals surface area (Å²) in [6.45, 7) is 5.21. The molecule has 2 atom stereocenters. The van der Waals surface area contributed by atoms with E-state index in [1.807, 2.05) is 13.8 Å². The van der Waals surface area contributed by atoms with Crippen LogP contribution in [0.5, 0.6) is 0 Å². The number of carbonyl (C=O) groups excluding carboxylic acids is 1. The second-order valence-electron chi connectivity index (χ2n) is 5.58. The maximum atomic E-state index is 12.0. The van der Waals surface area contributed by atoms with E-state index in [2.05, 4.69) is 5.32 Å². The molecule has 1 rings (SSSR count). The number of aliphatic hydroxyl groups excluding tert-OH is 1. The average Bonchev–Trinajstić information content (AvgIpc) is 2.76. The fourth-order valence-corrected chi connectivity index (χ4v) is 2.37. The topological polar surface area (TPSA) is 89.9 Å². The van der Waals surface area contributed by atoms with Gasteiger partial charge < -0.3 is 20.4 Å². The molecular formula is C13H24N2O4. The van der Waals surface area contributed by atoms with Crippen LogP contribution < -0.4 is 5.32 Å². The van der Waals surface area contributed by atoms with Crippen LogP contribution >= 0.6 is 0 Å². The second kappa shape index (κ2) is 7.33. The molecule has 0 aromatic rings. The Kier molecular flexibility index (Phi) is 6.08. The number of urea groups is 1. The van der Waals surface area contributed by atoms with Crippen molar-refractivity contribution in [2.24, 2.45) is 11.8 Å². The maximum Gasteiger partial charge on any atom is 0.326 e. The van der Waals surface area contributed by atoms with Crippen molar-refractivity contribution < 1.29 is 19.8 Å². The number of rotatable bonds is 6. The highest BCUT2D eigenvalue weighted by Crippen LogP contribution is 2.19. The third-order valence-electron chi connectivity index (χ3n) is 3.41. The quantitative estimate of drug-likeness (QED) is 0.670. The number of carboxylic acid groups (broad SMARTS) is 1. The molecule has 19 heavy (non-hydrogen) atoms. The zero-order chi connectivity index (χ0) is 14.4. The average molecular weight is 272 g/mol. The molecule has 3 N–H and O–H groups in total. The van der Waals surface area contributed by atoms with Gasteiger partial charge in [0.25, 0.3) is 0 Å². The summed E-state index contributed by atoms with van der Waals surface area (Å²) >= 11 is 0. The first-order chi connectivity index (χ1) is 8.93. The highest BCUT2D eigenvalue weighted by molar-refractivity contribution is 5.82. The lowest BCUT2D eigenvalue weighted by molar-refractivity contribution is -0.139. The Balaban J connectivity index is 2.47. The molecule has 6 nitrogen and oxygen atoms in total. The standard InChI is InChI=1S/C13H24N2O4/c1-9(2)7-11(12(17)18)14-13(19)15-5-3-10(8-15)4-6-16/h9-11,16H,3-8H2,1-2H3,(H,14,19)(H,17,18)/t10?,11-/m1/s1. The van der Waals surface area contributed by atoms with Gasteiger partial charge in [0.2, 0.25) is 0 Å². The van der Waals surface area contributed by atoms with Gasteiger partial charge in [0.05, 0.1) is 0 Å². The van der Waals surface area contributed by atoms with E-state index in [9.17, 15) is 9.59 Å². The third kappa shape index (κ3) is 5.06. The van der Waals surface area contributed by atoms with Gasteiger partial charge >= 0.3 is 12.0 Å². The first kappa shape index (κ1) is 15.8. The fourth-order valence-electron chi connectivity index (χ4n) is 2.37. The Bertz CT molecular complexity index is 320. The van der Waals surface area contributed by atoms with Crippen LogP contribution in [0.2, 0.25) is 0 Å². The van der Waals surface area contributed by atoms with E-state index in [1.165, 1.54) is 0 Å². The number of nitrogens with one attached hydrogen (secondary N) is 1. The number of aliphatic hydroxyl groups is 1. The Hall–Kier alpha value is -1.30. The monoisotopic (exact) mass is 272 g/mol. The molecule has 0 spiro atoms. The SMILES string of the molecule is CC(C)C[C@@H](NC(=O)N1CCC(CCO)C1)C(=O)O. The lowest BCUT2D eigenvalue weighted by Crippen LogP contribution is -2.47. The molecule has 0 aromatic heterocycles.